The van der Waals surface area contributed by atoms with E-state index < -0.39 is 29.9 Å². The minimum atomic E-state index is -1.15. The van der Waals surface area contributed by atoms with Gasteiger partial charge in [0.2, 0.25) is 5.91 Å². The van der Waals surface area contributed by atoms with Crippen molar-refractivity contribution in [3.63, 3.8) is 0 Å². The molecule has 0 radical (unpaired) electrons. The second-order valence-electron chi connectivity index (χ2n) is 7.08. The second-order valence-corrected chi connectivity index (χ2v) is 7.51. The zero-order valence-corrected chi connectivity index (χ0v) is 17.3. The van der Waals surface area contributed by atoms with Crippen molar-refractivity contribution in [2.75, 3.05) is 0 Å². The molecule has 3 N–H and O–H groups in total. The predicted molar refractivity (Wildman–Crippen MR) is 115 cm³/mol. The van der Waals surface area contributed by atoms with Gasteiger partial charge in [-0.05, 0) is 36.8 Å². The zero-order chi connectivity index (χ0) is 21.8. The molecular weight excluding hydrogens is 406 g/mol. The van der Waals surface area contributed by atoms with Crippen LogP contribution in [0.2, 0.25) is 5.02 Å². The molecule has 0 saturated heterocycles. The Morgan fingerprint density at radius 1 is 1.07 bits per heavy atom. The van der Waals surface area contributed by atoms with E-state index in [-0.39, 0.29) is 6.42 Å². The molecule has 0 aliphatic carbocycles. The van der Waals surface area contributed by atoms with Crippen LogP contribution in [0.5, 0.6) is 0 Å². The molecule has 3 rings (SSSR count). The van der Waals surface area contributed by atoms with Gasteiger partial charge >= 0.3 is 5.97 Å². The zero-order valence-electron chi connectivity index (χ0n) is 16.6. The maximum Gasteiger partial charge on any atom is 0.325 e. The van der Waals surface area contributed by atoms with Crippen LogP contribution in [0.25, 0.3) is 10.9 Å². The fraction of sp³-hybridized carbons (Fsp3) is 0.227. The van der Waals surface area contributed by atoms with E-state index in [1.165, 1.54) is 6.92 Å². The maximum atomic E-state index is 13.0. The van der Waals surface area contributed by atoms with Crippen molar-refractivity contribution in [2.24, 2.45) is 7.05 Å². The van der Waals surface area contributed by atoms with Crippen LogP contribution >= 0.6 is 11.6 Å². The molecule has 0 fully saturated rings. The van der Waals surface area contributed by atoms with Gasteiger partial charge in [0, 0.05) is 29.4 Å². The lowest BCUT2D eigenvalue weighted by Crippen LogP contribution is -2.51. The highest BCUT2D eigenvalue weighted by atomic mass is 35.5. The van der Waals surface area contributed by atoms with E-state index >= 15 is 0 Å². The van der Waals surface area contributed by atoms with Gasteiger partial charge in [0.25, 0.3) is 5.91 Å². The van der Waals surface area contributed by atoms with Gasteiger partial charge in [-0.15, -0.1) is 0 Å². The summed E-state index contributed by atoms with van der Waals surface area (Å²) in [6, 6.07) is 14.2. The number of fused-ring (bicyclic) bond motifs is 1. The Bertz CT molecular complexity index is 1090. The highest BCUT2D eigenvalue weighted by Gasteiger charge is 2.26. The molecule has 1 aromatic heterocycles. The van der Waals surface area contributed by atoms with Gasteiger partial charge in [-0.25, -0.2) is 0 Å². The van der Waals surface area contributed by atoms with Gasteiger partial charge < -0.3 is 20.3 Å². The number of nitrogens with zero attached hydrogens (tertiary/aromatic N) is 1. The van der Waals surface area contributed by atoms with Crippen LogP contribution in [0.1, 0.15) is 23.0 Å². The number of hydrogen-bond donors (Lipinski definition) is 3. The number of halogens is 1. The van der Waals surface area contributed by atoms with E-state index in [0.29, 0.717) is 10.7 Å². The van der Waals surface area contributed by atoms with Crippen LogP contribution in [0.3, 0.4) is 0 Å². The summed E-state index contributed by atoms with van der Waals surface area (Å²) in [6.07, 6.45) is 0.223. The molecule has 7 nitrogen and oxygen atoms in total. The van der Waals surface area contributed by atoms with Crippen LogP contribution in [-0.2, 0) is 23.1 Å². The van der Waals surface area contributed by atoms with E-state index in [1.54, 1.807) is 29.8 Å². The van der Waals surface area contributed by atoms with Crippen LogP contribution < -0.4 is 10.6 Å². The first-order valence-electron chi connectivity index (χ1n) is 9.39. The Kier molecular flexibility index (Phi) is 6.42. The minimum absolute atomic E-state index is 0.223. The monoisotopic (exact) mass is 427 g/mol. The molecule has 0 unspecified atom stereocenters. The molecule has 2 aromatic carbocycles. The number of aliphatic carboxylic acids is 1. The first-order valence-corrected chi connectivity index (χ1v) is 9.77. The number of hydrogen-bond acceptors (Lipinski definition) is 3. The Morgan fingerprint density at radius 2 is 1.77 bits per heavy atom. The number of carboxylic acids is 1. The van der Waals surface area contributed by atoms with E-state index in [0.717, 1.165) is 16.5 Å². The smallest absolute Gasteiger partial charge is 0.325 e. The summed E-state index contributed by atoms with van der Waals surface area (Å²) < 4.78 is 1.72. The molecular formula is C22H22ClN3O4. The summed E-state index contributed by atoms with van der Waals surface area (Å²) in [6.45, 7) is 1.37. The Morgan fingerprint density at radius 3 is 2.43 bits per heavy atom. The predicted octanol–water partition coefficient (Wildman–Crippen LogP) is 2.76. The number of amides is 2. The summed E-state index contributed by atoms with van der Waals surface area (Å²) in [4.78, 5) is 36.8. The average molecular weight is 428 g/mol. The lowest BCUT2D eigenvalue weighted by atomic mass is 10.0. The highest BCUT2D eigenvalue weighted by molar-refractivity contribution is 6.31. The topological polar surface area (TPSA) is 100 Å². The second kappa shape index (κ2) is 9.00. The lowest BCUT2D eigenvalue weighted by molar-refractivity contribution is -0.141. The third-order valence-corrected chi connectivity index (χ3v) is 5.11. The Balaban J connectivity index is 1.86. The van der Waals surface area contributed by atoms with Crippen LogP contribution in [0, 0.1) is 0 Å². The quantitative estimate of drug-likeness (QED) is 0.539. The van der Waals surface area contributed by atoms with Crippen molar-refractivity contribution < 1.29 is 19.5 Å². The fourth-order valence-corrected chi connectivity index (χ4v) is 3.39. The third-order valence-electron chi connectivity index (χ3n) is 4.87. The molecule has 0 bridgehead atoms. The van der Waals surface area contributed by atoms with Gasteiger partial charge in [0.05, 0.1) is 0 Å². The first-order chi connectivity index (χ1) is 14.3. The number of benzene rings is 2. The summed E-state index contributed by atoms with van der Waals surface area (Å²) in [7, 11) is 1.75. The van der Waals surface area contributed by atoms with Crippen molar-refractivity contribution in [1.82, 2.24) is 15.2 Å². The van der Waals surface area contributed by atoms with Crippen molar-refractivity contribution >= 4 is 40.3 Å². The van der Waals surface area contributed by atoms with E-state index in [2.05, 4.69) is 10.6 Å². The number of rotatable bonds is 7. The number of carbonyl (C=O) groups is 3. The molecule has 0 aliphatic heterocycles. The van der Waals surface area contributed by atoms with Crippen molar-refractivity contribution in [3.8, 4) is 0 Å². The average Bonchev–Trinajstić information content (AvgIpc) is 3.03. The molecule has 2 atom stereocenters. The fourth-order valence-electron chi connectivity index (χ4n) is 3.21. The largest absolute Gasteiger partial charge is 0.480 e. The van der Waals surface area contributed by atoms with E-state index in [4.69, 9.17) is 16.7 Å². The van der Waals surface area contributed by atoms with Crippen molar-refractivity contribution in [1.29, 1.82) is 0 Å². The molecule has 156 valence electrons. The van der Waals surface area contributed by atoms with Gasteiger partial charge in [-0.2, -0.15) is 0 Å². The SMILES string of the molecule is C[C@H](NC(=O)[C@H](Cc1ccccc1)NC(=O)c1cc2cc(Cl)ccc2n1C)C(=O)O. The summed E-state index contributed by atoms with van der Waals surface area (Å²) >= 11 is 6.04. The molecule has 8 heteroatoms. The molecule has 30 heavy (non-hydrogen) atoms. The standard InChI is InChI=1S/C22H22ClN3O4/c1-13(22(29)30)24-20(27)17(10-14-6-4-3-5-7-14)25-21(28)19-12-15-11-16(23)8-9-18(15)26(19)2/h3-9,11-13,17H,10H2,1-2H3,(H,24,27)(H,25,28)(H,29,30)/t13-,17-/m0/s1. The van der Waals surface area contributed by atoms with Gasteiger partial charge in [-0.1, -0.05) is 41.9 Å². The molecule has 0 spiro atoms. The van der Waals surface area contributed by atoms with Gasteiger partial charge in [0.15, 0.2) is 0 Å². The third kappa shape index (κ3) is 4.80. The lowest BCUT2D eigenvalue weighted by Gasteiger charge is -2.20. The number of aryl methyl sites for hydroxylation is 1. The Labute approximate surface area is 178 Å². The molecule has 2 amide bonds. The summed E-state index contributed by atoms with van der Waals surface area (Å²) in [5.74, 6) is -2.16. The van der Waals surface area contributed by atoms with Gasteiger partial charge in [-0.3, -0.25) is 14.4 Å². The summed E-state index contributed by atoms with van der Waals surface area (Å²) in [5.41, 5.74) is 2.03. The Hall–Kier alpha value is -3.32. The van der Waals surface area contributed by atoms with Crippen LogP contribution in [0.15, 0.2) is 54.6 Å². The number of carboxylic acid groups (broad SMARTS) is 1. The van der Waals surface area contributed by atoms with Crippen LogP contribution in [-0.4, -0.2) is 39.5 Å². The number of nitrogens with one attached hydrogen (secondary N) is 2. The van der Waals surface area contributed by atoms with Crippen molar-refractivity contribution in [3.05, 3.63) is 70.9 Å². The molecule has 1 heterocycles. The van der Waals surface area contributed by atoms with Gasteiger partial charge in [0.1, 0.15) is 17.8 Å². The van der Waals surface area contributed by atoms with E-state index in [9.17, 15) is 14.4 Å². The first kappa shape index (κ1) is 21.4. The maximum absolute atomic E-state index is 13.0. The van der Waals surface area contributed by atoms with E-state index in [1.807, 2.05) is 36.4 Å². The molecule has 3 aromatic rings. The number of carbonyl (C=O) groups excluding carboxylic acids is 2. The molecule has 0 aliphatic rings. The van der Waals surface area contributed by atoms with Crippen LogP contribution in [0.4, 0.5) is 0 Å². The molecule has 0 saturated carbocycles. The normalized spacial score (nSPS) is 12.9. The number of aromatic nitrogens is 1. The summed E-state index contributed by atoms with van der Waals surface area (Å²) in [5, 5.41) is 15.6. The highest BCUT2D eigenvalue weighted by Crippen LogP contribution is 2.22. The van der Waals surface area contributed by atoms with Crippen molar-refractivity contribution in [2.45, 2.75) is 25.4 Å². The minimum Gasteiger partial charge on any atom is -0.480 e.